The highest BCUT2D eigenvalue weighted by atomic mass is 32.2. The van der Waals surface area contributed by atoms with Crippen LogP contribution < -0.4 is 5.32 Å². The van der Waals surface area contributed by atoms with Crippen molar-refractivity contribution in [3.63, 3.8) is 0 Å². The SMILES string of the molecule is CN(C)CCCNC(=O)[C@H]1CCCN(S(C)(=O)=O)C1. The molecule has 19 heavy (non-hydrogen) atoms. The summed E-state index contributed by atoms with van der Waals surface area (Å²) in [7, 11) is 0.804. The molecule has 0 aromatic heterocycles. The first-order valence-corrected chi connectivity index (χ1v) is 8.53. The molecule has 1 atom stereocenters. The third kappa shape index (κ3) is 5.88. The maximum absolute atomic E-state index is 12.0. The van der Waals surface area contributed by atoms with Crippen LogP contribution in [0.1, 0.15) is 19.3 Å². The van der Waals surface area contributed by atoms with Crippen molar-refractivity contribution in [1.82, 2.24) is 14.5 Å². The third-order valence-electron chi connectivity index (χ3n) is 3.31. The molecule has 0 saturated carbocycles. The highest BCUT2D eigenvalue weighted by Crippen LogP contribution is 2.18. The minimum absolute atomic E-state index is 0.0212. The second kappa shape index (κ2) is 7.21. The van der Waals surface area contributed by atoms with Gasteiger partial charge in [-0.2, -0.15) is 0 Å². The van der Waals surface area contributed by atoms with Gasteiger partial charge in [0.05, 0.1) is 12.2 Å². The van der Waals surface area contributed by atoms with Crippen molar-refractivity contribution < 1.29 is 13.2 Å². The third-order valence-corrected chi connectivity index (χ3v) is 4.57. The molecule has 0 aromatic rings. The van der Waals surface area contributed by atoms with Crippen LogP contribution in [0.25, 0.3) is 0 Å². The van der Waals surface area contributed by atoms with Crippen molar-refractivity contribution in [1.29, 1.82) is 0 Å². The number of carbonyl (C=O) groups excluding carboxylic acids is 1. The summed E-state index contributed by atoms with van der Waals surface area (Å²) in [5.74, 6) is -0.227. The van der Waals surface area contributed by atoms with Crippen LogP contribution in [-0.4, -0.2) is 70.1 Å². The topological polar surface area (TPSA) is 69.7 Å². The lowest BCUT2D eigenvalue weighted by Gasteiger charge is -2.30. The number of piperidine rings is 1. The Morgan fingerprint density at radius 1 is 1.42 bits per heavy atom. The van der Waals surface area contributed by atoms with Crippen LogP contribution in [0, 0.1) is 5.92 Å². The fourth-order valence-electron chi connectivity index (χ4n) is 2.21. The fourth-order valence-corrected chi connectivity index (χ4v) is 3.12. The fraction of sp³-hybridized carbons (Fsp3) is 0.917. The Morgan fingerprint density at radius 2 is 2.11 bits per heavy atom. The molecule has 1 N–H and O–H groups in total. The van der Waals surface area contributed by atoms with Gasteiger partial charge in [-0.05, 0) is 39.9 Å². The van der Waals surface area contributed by atoms with Crippen LogP contribution in [0.4, 0.5) is 0 Å². The number of nitrogens with one attached hydrogen (secondary N) is 1. The first kappa shape index (κ1) is 16.4. The van der Waals surface area contributed by atoms with Gasteiger partial charge in [0, 0.05) is 19.6 Å². The maximum Gasteiger partial charge on any atom is 0.224 e. The van der Waals surface area contributed by atoms with E-state index < -0.39 is 10.0 Å². The zero-order valence-electron chi connectivity index (χ0n) is 12.1. The van der Waals surface area contributed by atoms with E-state index in [4.69, 9.17) is 0 Å². The minimum atomic E-state index is -3.18. The lowest BCUT2D eigenvalue weighted by molar-refractivity contribution is -0.126. The predicted molar refractivity (Wildman–Crippen MR) is 75.3 cm³/mol. The molecule has 1 heterocycles. The second-order valence-corrected chi connectivity index (χ2v) is 7.39. The number of carbonyl (C=O) groups is 1. The molecule has 1 amide bonds. The lowest BCUT2D eigenvalue weighted by Crippen LogP contribution is -2.45. The molecule has 1 rings (SSSR count). The number of sulfonamides is 1. The van der Waals surface area contributed by atoms with Crippen LogP contribution in [0.2, 0.25) is 0 Å². The van der Waals surface area contributed by atoms with Crippen LogP contribution in [-0.2, 0) is 14.8 Å². The molecule has 0 aliphatic carbocycles. The number of hydrogen-bond acceptors (Lipinski definition) is 4. The molecule has 1 aliphatic heterocycles. The molecule has 0 bridgehead atoms. The van der Waals surface area contributed by atoms with E-state index in [0.717, 1.165) is 25.8 Å². The molecular weight excluding hydrogens is 266 g/mol. The summed E-state index contributed by atoms with van der Waals surface area (Å²) < 4.78 is 24.4. The standard InChI is InChI=1S/C12H25N3O3S/c1-14(2)8-5-7-13-12(16)11-6-4-9-15(10-11)19(3,17)18/h11H,4-10H2,1-3H3,(H,13,16)/t11-/m0/s1. The Morgan fingerprint density at radius 3 is 2.68 bits per heavy atom. The highest BCUT2D eigenvalue weighted by molar-refractivity contribution is 7.88. The number of hydrogen-bond donors (Lipinski definition) is 1. The van der Waals surface area contributed by atoms with Crippen molar-refractivity contribution in [2.24, 2.45) is 5.92 Å². The Bertz CT molecular complexity index is 395. The van der Waals surface area contributed by atoms with Crippen molar-refractivity contribution in [2.75, 3.05) is 46.5 Å². The number of nitrogens with zero attached hydrogens (tertiary/aromatic N) is 2. The van der Waals surface area contributed by atoms with Gasteiger partial charge in [0.2, 0.25) is 15.9 Å². The van der Waals surface area contributed by atoms with Gasteiger partial charge in [-0.25, -0.2) is 12.7 Å². The summed E-state index contributed by atoms with van der Waals surface area (Å²) in [5.41, 5.74) is 0. The Labute approximate surface area is 116 Å². The zero-order valence-corrected chi connectivity index (χ0v) is 12.9. The Kier molecular flexibility index (Phi) is 6.22. The van der Waals surface area contributed by atoms with Gasteiger partial charge in [-0.1, -0.05) is 0 Å². The molecular formula is C12H25N3O3S. The van der Waals surface area contributed by atoms with Crippen LogP contribution >= 0.6 is 0 Å². The summed E-state index contributed by atoms with van der Waals surface area (Å²) in [6, 6.07) is 0. The average molecular weight is 291 g/mol. The predicted octanol–water partition coefficient (Wildman–Crippen LogP) is -0.274. The molecule has 0 aromatic carbocycles. The van der Waals surface area contributed by atoms with Crippen LogP contribution in [0.5, 0.6) is 0 Å². The zero-order chi connectivity index (χ0) is 14.5. The van der Waals surface area contributed by atoms with E-state index >= 15 is 0 Å². The van der Waals surface area contributed by atoms with E-state index in [2.05, 4.69) is 10.2 Å². The summed E-state index contributed by atoms with van der Waals surface area (Å²) >= 11 is 0. The van der Waals surface area contributed by atoms with Crippen molar-refractivity contribution in [2.45, 2.75) is 19.3 Å². The largest absolute Gasteiger partial charge is 0.356 e. The van der Waals surface area contributed by atoms with Gasteiger partial charge in [0.25, 0.3) is 0 Å². The highest BCUT2D eigenvalue weighted by Gasteiger charge is 2.29. The van der Waals surface area contributed by atoms with E-state index in [1.807, 2.05) is 14.1 Å². The van der Waals surface area contributed by atoms with Gasteiger partial charge in [0.15, 0.2) is 0 Å². The summed E-state index contributed by atoms with van der Waals surface area (Å²) in [6.07, 6.45) is 3.63. The van der Waals surface area contributed by atoms with Gasteiger partial charge in [-0.3, -0.25) is 4.79 Å². The van der Waals surface area contributed by atoms with E-state index in [1.54, 1.807) is 0 Å². The van der Waals surface area contributed by atoms with Gasteiger partial charge >= 0.3 is 0 Å². The van der Waals surface area contributed by atoms with Gasteiger partial charge in [0.1, 0.15) is 0 Å². The minimum Gasteiger partial charge on any atom is -0.356 e. The van der Waals surface area contributed by atoms with Crippen molar-refractivity contribution in [3.8, 4) is 0 Å². The normalized spacial score (nSPS) is 21.6. The summed E-state index contributed by atoms with van der Waals surface area (Å²) in [6.45, 7) is 2.42. The molecule has 0 radical (unpaired) electrons. The summed E-state index contributed by atoms with van der Waals surface area (Å²) in [4.78, 5) is 14.0. The first-order chi connectivity index (χ1) is 8.80. The van der Waals surface area contributed by atoms with Crippen molar-refractivity contribution in [3.05, 3.63) is 0 Å². The number of amides is 1. The van der Waals surface area contributed by atoms with E-state index in [-0.39, 0.29) is 11.8 Å². The molecule has 7 heteroatoms. The molecule has 1 fully saturated rings. The monoisotopic (exact) mass is 291 g/mol. The molecule has 1 saturated heterocycles. The van der Waals surface area contributed by atoms with Crippen LogP contribution in [0.15, 0.2) is 0 Å². The average Bonchev–Trinajstić information content (AvgIpc) is 2.33. The molecule has 0 unspecified atom stereocenters. The Hall–Kier alpha value is -0.660. The molecule has 0 spiro atoms. The maximum atomic E-state index is 12.0. The first-order valence-electron chi connectivity index (χ1n) is 6.68. The van der Waals surface area contributed by atoms with E-state index in [9.17, 15) is 13.2 Å². The lowest BCUT2D eigenvalue weighted by atomic mass is 9.99. The quantitative estimate of drug-likeness (QED) is 0.684. The number of rotatable bonds is 6. The smallest absolute Gasteiger partial charge is 0.224 e. The second-order valence-electron chi connectivity index (χ2n) is 5.41. The molecule has 112 valence electrons. The van der Waals surface area contributed by atoms with Crippen LogP contribution in [0.3, 0.4) is 0 Å². The summed E-state index contributed by atoms with van der Waals surface area (Å²) in [5, 5.41) is 2.89. The van der Waals surface area contributed by atoms with Gasteiger partial charge < -0.3 is 10.2 Å². The van der Waals surface area contributed by atoms with E-state index in [1.165, 1.54) is 10.6 Å². The van der Waals surface area contributed by atoms with E-state index in [0.29, 0.717) is 19.6 Å². The Balaban J connectivity index is 2.36. The van der Waals surface area contributed by atoms with Gasteiger partial charge in [-0.15, -0.1) is 0 Å². The van der Waals surface area contributed by atoms with Crippen molar-refractivity contribution >= 4 is 15.9 Å². The molecule has 6 nitrogen and oxygen atoms in total. The molecule has 1 aliphatic rings.